The number of nitrogens with one attached hydrogen (secondary N) is 3. The Kier molecular flexibility index (Phi) is 27.4. The highest BCUT2D eigenvalue weighted by atomic mass is 35.5. The Bertz CT molecular complexity index is 5060. The first-order chi connectivity index (χ1) is 54.6. The molecule has 2 saturated heterocycles. The minimum Gasteiger partial charge on any atom is -0.478 e. The molecule has 4 atom stereocenters. The maximum Gasteiger partial charge on any atom is 0.410 e. The van der Waals surface area contributed by atoms with Gasteiger partial charge in [0.1, 0.15) is 33.1 Å². The third kappa shape index (κ3) is 24.0. The number of carbonyl (C=O) groups excluding carboxylic acids is 3. The summed E-state index contributed by atoms with van der Waals surface area (Å²) in [6.45, 7) is 20.3. The van der Waals surface area contributed by atoms with Crippen LogP contribution in [0, 0.1) is 22.7 Å². The lowest BCUT2D eigenvalue weighted by Gasteiger charge is -2.33. The van der Waals surface area contributed by atoms with Crippen LogP contribution < -0.4 is 30.0 Å². The largest absolute Gasteiger partial charge is 0.478 e. The van der Waals surface area contributed by atoms with Crippen LogP contribution in [0.4, 0.5) is 47.6 Å². The van der Waals surface area contributed by atoms with Gasteiger partial charge in [-0.05, 0) is 218 Å². The minimum atomic E-state index is -4.49. The Labute approximate surface area is 685 Å². The van der Waals surface area contributed by atoms with Crippen LogP contribution in [0.2, 0.25) is 10.3 Å². The highest BCUT2D eigenvalue weighted by Gasteiger charge is 2.63. The summed E-state index contributed by atoms with van der Waals surface area (Å²) >= 11 is 12.1. The molecule has 6 N–H and O–H groups in total. The number of alkyl halides is 6. The molecular formula is C80H96Cl2F6N14O13S2. The number of benzene rings is 2. The highest BCUT2D eigenvalue weighted by Crippen LogP contribution is 2.61. The number of carbonyl (C=O) groups is 4. The van der Waals surface area contributed by atoms with E-state index in [0.717, 1.165) is 43.2 Å². The molecule has 2 aliphatic carbocycles. The van der Waals surface area contributed by atoms with Crippen molar-refractivity contribution in [3.63, 3.8) is 0 Å². The Balaban J connectivity index is 0.000000206. The molecule has 0 bridgehead atoms. The van der Waals surface area contributed by atoms with Gasteiger partial charge in [-0.3, -0.25) is 4.79 Å². The van der Waals surface area contributed by atoms with E-state index in [9.17, 15) is 62.4 Å². The number of nitrogens with two attached hydrogens (primary N) is 1. The van der Waals surface area contributed by atoms with Crippen molar-refractivity contribution in [2.24, 2.45) is 27.8 Å². The molecule has 117 heavy (non-hydrogen) atoms. The lowest BCUT2D eigenvalue weighted by molar-refractivity contribution is -0.190. The smallest absolute Gasteiger partial charge is 0.410 e. The lowest BCUT2D eigenvalue weighted by Crippen LogP contribution is -2.45. The van der Waals surface area contributed by atoms with Crippen molar-refractivity contribution >= 4 is 78.9 Å². The first-order valence-corrected chi connectivity index (χ1v) is 41.7. The normalized spacial score (nSPS) is 17.8. The van der Waals surface area contributed by atoms with E-state index < -0.39 is 71.3 Å². The SMILES string of the molecule is CC(C)(C)OC(=O)N1CC(CCC(Nc2cccc(S(=O)(=O)NC(=O)c3ccc(-n4ccc(OCCC5(C(F)(F)F)CC5)n4)nc3Cl)n2)c2ccccc2)CC1(C)C.CC(C)(C)OC(=O)N1CC(CCC(Nc2cccc(S(N)(=O)=O)n2)c2ccccc2)CC1(C)C.O=C(O)c1ccc(-n2ccc(OCCC3(C(F)(F)F)CC3)n2)nc1Cl. The summed E-state index contributed by atoms with van der Waals surface area (Å²) in [5, 5.41) is 28.0. The first kappa shape index (κ1) is 89.5. The molecule has 8 aromatic rings. The Morgan fingerprint density at radius 3 is 1.31 bits per heavy atom. The van der Waals surface area contributed by atoms with Gasteiger partial charge < -0.3 is 44.5 Å². The van der Waals surface area contributed by atoms with Crippen LogP contribution in [0.25, 0.3) is 11.6 Å². The number of carboxylic acid groups (broad SMARTS) is 1. The van der Waals surface area contributed by atoms with E-state index in [2.05, 4.69) is 54.6 Å². The van der Waals surface area contributed by atoms with E-state index in [1.165, 1.54) is 76.4 Å². The molecule has 4 aliphatic rings. The Morgan fingerprint density at radius 1 is 0.547 bits per heavy atom. The van der Waals surface area contributed by atoms with E-state index in [1.807, 2.05) is 126 Å². The number of hydrogen-bond acceptors (Lipinski definition) is 20. The van der Waals surface area contributed by atoms with E-state index in [0.29, 0.717) is 31.2 Å². The maximum atomic E-state index is 13.4. The molecule has 2 aliphatic heterocycles. The standard InChI is InChI=1S/C40H47ClF3N7O6S.C25H36N4O4S.C15H13ClF3N3O3/c1-37(2,3)57-36(53)50-25-26(24-38(50,4)5)14-16-29(27-10-7-6-8-11-27)45-30-12-9-13-33(46-30)58(54,55)49-35(52)28-15-17-31(47-34(28)41)51-22-18-32(48-51)56-23-21-39(19-20-39)40(42,43)44;1-24(2,3)33-23(30)29-17-18(16-25(29,4)5)14-15-20(19-10-7-6-8-11-19)27-21-12-9-13-22(28-21)34(26,31)32;16-12-9(13(23)24)1-2-10(20-12)22-7-3-11(21-22)25-8-6-14(4-5-14)15(17,18)19/h6-13,15,17-18,22,26,29H,14,16,19-21,23-25H2,1-5H3,(H,45,46)(H,49,52);6-13,18,20H,14-17H2,1-5H3,(H,27,28)(H2,26,31,32);1-3,7H,4-6,8H2,(H,23,24). The third-order valence-electron chi connectivity index (χ3n) is 20.5. The molecule has 4 unspecified atom stereocenters. The summed E-state index contributed by atoms with van der Waals surface area (Å²) < 4.78 is 155. The number of amides is 3. The topological polar surface area (TPSA) is 350 Å². The van der Waals surface area contributed by atoms with Gasteiger partial charge in [-0.15, -0.1) is 10.2 Å². The summed E-state index contributed by atoms with van der Waals surface area (Å²) in [6.07, 6.45) is -1.27. The molecule has 12 rings (SSSR count). The number of pyridine rings is 4. The number of anilines is 2. The quantitative estimate of drug-likeness (QED) is 0.0236. The van der Waals surface area contributed by atoms with E-state index in [4.69, 9.17) is 52.4 Å². The number of aromatic carboxylic acids is 1. The number of aromatic nitrogens is 8. The van der Waals surface area contributed by atoms with E-state index in [1.54, 1.807) is 23.1 Å². The zero-order valence-electron chi connectivity index (χ0n) is 66.2. The molecule has 0 spiro atoms. The average Bonchev–Trinajstić information content (AvgIpc) is 1.60. The number of sulfonamides is 2. The number of ether oxygens (including phenoxy) is 4. The van der Waals surface area contributed by atoms with Crippen molar-refractivity contribution in [1.82, 2.24) is 54.0 Å². The van der Waals surface area contributed by atoms with E-state index in [-0.39, 0.29) is 149 Å². The van der Waals surface area contributed by atoms with Gasteiger partial charge in [-0.25, -0.2) is 62.0 Å². The fraction of sp³-hybridized carbons (Fsp3) is 0.475. The molecule has 3 amide bonds. The molecule has 27 nitrogen and oxygen atoms in total. The number of halogens is 8. The van der Waals surface area contributed by atoms with Gasteiger partial charge >= 0.3 is 30.5 Å². The predicted octanol–water partition coefficient (Wildman–Crippen LogP) is 16.9. The van der Waals surface area contributed by atoms with Crippen molar-refractivity contribution in [1.29, 1.82) is 0 Å². The van der Waals surface area contributed by atoms with Crippen LogP contribution in [0.1, 0.15) is 190 Å². The van der Waals surface area contributed by atoms with Crippen molar-refractivity contribution in [2.75, 3.05) is 36.9 Å². The molecule has 37 heteroatoms. The van der Waals surface area contributed by atoms with Crippen LogP contribution in [0.5, 0.6) is 11.8 Å². The number of carboxylic acids is 1. The fourth-order valence-electron chi connectivity index (χ4n) is 14.0. The molecule has 8 heterocycles. The number of nitrogens with zero attached hydrogens (tertiary/aromatic N) is 10. The number of hydrogen-bond donors (Lipinski definition) is 5. The van der Waals surface area contributed by atoms with Gasteiger partial charge in [0.2, 0.25) is 11.8 Å². The van der Waals surface area contributed by atoms with Gasteiger partial charge in [-0.2, -0.15) is 34.8 Å². The molecule has 6 aromatic heterocycles. The second-order valence-electron chi connectivity index (χ2n) is 32.8. The summed E-state index contributed by atoms with van der Waals surface area (Å²) in [5.74, 6) is -0.372. The molecule has 2 aromatic carbocycles. The van der Waals surface area contributed by atoms with Crippen molar-refractivity contribution in [3.05, 3.63) is 178 Å². The molecule has 2 saturated carbocycles. The summed E-state index contributed by atoms with van der Waals surface area (Å²) in [7, 11) is -8.38. The maximum absolute atomic E-state index is 13.4. The lowest BCUT2D eigenvalue weighted by atomic mass is 9.90. The Morgan fingerprint density at radius 2 is 0.940 bits per heavy atom. The zero-order chi connectivity index (χ0) is 85.5. The Hall–Kier alpha value is -9.84. The van der Waals surface area contributed by atoms with Gasteiger partial charge in [0.15, 0.2) is 21.7 Å². The minimum absolute atomic E-state index is 0.0765. The van der Waals surface area contributed by atoms with Crippen LogP contribution in [0.15, 0.2) is 156 Å². The molecular weight excluding hydrogens is 1610 g/mol. The summed E-state index contributed by atoms with van der Waals surface area (Å²) in [5.41, 5.74) is -3.46. The average molecular weight is 1710 g/mol. The van der Waals surface area contributed by atoms with Gasteiger partial charge in [0, 0.05) is 48.7 Å². The number of likely N-dealkylation sites (tertiary alicyclic amines) is 2. The second kappa shape index (κ2) is 35.8. The monoisotopic (exact) mass is 1710 g/mol. The van der Waals surface area contributed by atoms with Crippen LogP contribution in [-0.2, 0) is 29.5 Å². The van der Waals surface area contributed by atoms with Gasteiger partial charge in [-0.1, -0.05) is 96.0 Å². The molecule has 0 radical (unpaired) electrons. The summed E-state index contributed by atoms with van der Waals surface area (Å²) in [4.78, 5) is 70.1. The third-order valence-corrected chi connectivity index (χ3v) is 23.1. The zero-order valence-corrected chi connectivity index (χ0v) is 69.4. The van der Waals surface area contributed by atoms with Crippen LogP contribution >= 0.6 is 23.2 Å². The number of primary sulfonamides is 1. The van der Waals surface area contributed by atoms with Gasteiger partial charge in [0.05, 0.1) is 47.3 Å². The first-order valence-electron chi connectivity index (χ1n) is 37.9. The second-order valence-corrected chi connectivity index (χ2v) is 36.6. The van der Waals surface area contributed by atoms with Crippen LogP contribution in [0.3, 0.4) is 0 Å². The van der Waals surface area contributed by atoms with E-state index >= 15 is 0 Å². The summed E-state index contributed by atoms with van der Waals surface area (Å²) in [6, 6.07) is 36.7. The molecule has 4 fully saturated rings. The van der Waals surface area contributed by atoms with Gasteiger partial charge in [0.25, 0.3) is 26.0 Å². The predicted molar refractivity (Wildman–Crippen MR) is 424 cm³/mol. The number of rotatable bonds is 27. The van der Waals surface area contributed by atoms with Crippen LogP contribution in [-0.4, -0.2) is 156 Å². The highest BCUT2D eigenvalue weighted by molar-refractivity contribution is 7.90. The van der Waals surface area contributed by atoms with Crippen molar-refractivity contribution in [2.45, 2.75) is 203 Å². The fourth-order valence-corrected chi connectivity index (χ4v) is 15.8. The molecule has 632 valence electrons. The van der Waals surface area contributed by atoms with Crippen molar-refractivity contribution in [3.8, 4) is 23.4 Å². The van der Waals surface area contributed by atoms with Crippen molar-refractivity contribution < 1.29 is 86.4 Å².